The summed E-state index contributed by atoms with van der Waals surface area (Å²) in [5, 5.41) is 9.88. The largest absolute Gasteiger partial charge is 0.383 e. The number of ether oxygens (including phenoxy) is 1. The van der Waals surface area contributed by atoms with Crippen LogP contribution in [0.25, 0.3) is 0 Å². The lowest BCUT2D eigenvalue weighted by Gasteiger charge is -2.41. The second kappa shape index (κ2) is 3.10. The van der Waals surface area contributed by atoms with Crippen molar-refractivity contribution in [2.45, 2.75) is 11.6 Å². The Kier molecular flexibility index (Phi) is 2.07. The molecule has 0 amide bonds. The van der Waals surface area contributed by atoms with Gasteiger partial charge in [-0.25, -0.2) is 0 Å². The molecular weight excluding hydrogens is 166 g/mol. The second-order valence-electron chi connectivity index (χ2n) is 3.48. The normalized spacial score (nSPS) is 22.0. The van der Waals surface area contributed by atoms with Crippen molar-refractivity contribution >= 4 is 0 Å². The first-order valence-electron chi connectivity index (χ1n) is 4.33. The molecule has 0 radical (unpaired) electrons. The van der Waals surface area contributed by atoms with Gasteiger partial charge in [-0.1, -0.05) is 30.3 Å². The number of rotatable bonds is 2. The maximum atomic E-state index is 9.88. The fraction of sp³-hybridized carbons (Fsp3) is 0.400. The zero-order valence-electron chi connectivity index (χ0n) is 7.31. The molecule has 1 fully saturated rings. The van der Waals surface area contributed by atoms with E-state index >= 15 is 0 Å². The minimum absolute atomic E-state index is 0.336. The molecule has 0 aliphatic carbocycles. The van der Waals surface area contributed by atoms with Crippen molar-refractivity contribution in [1.82, 2.24) is 0 Å². The predicted molar refractivity (Wildman–Crippen MR) is 49.1 cm³/mol. The summed E-state index contributed by atoms with van der Waals surface area (Å²) < 4.78 is 4.95. The maximum absolute atomic E-state index is 9.88. The van der Waals surface area contributed by atoms with E-state index in [0.29, 0.717) is 13.2 Å². The third-order valence-corrected chi connectivity index (χ3v) is 2.44. The summed E-state index contributed by atoms with van der Waals surface area (Å²) in [5.74, 6) is 0. The van der Waals surface area contributed by atoms with E-state index in [1.807, 2.05) is 30.3 Å². The first kappa shape index (κ1) is 8.69. The monoisotopic (exact) mass is 179 g/mol. The van der Waals surface area contributed by atoms with E-state index in [4.69, 9.17) is 10.5 Å². The molecule has 3 heteroatoms. The van der Waals surface area contributed by atoms with Gasteiger partial charge in [0.15, 0.2) is 0 Å². The minimum atomic E-state index is -0.860. The molecular formula is C10H13NO2. The lowest BCUT2D eigenvalue weighted by molar-refractivity contribution is -0.190. The Hall–Kier alpha value is -0.900. The molecule has 13 heavy (non-hydrogen) atoms. The molecule has 70 valence electrons. The fourth-order valence-electron chi connectivity index (χ4n) is 1.46. The first-order valence-corrected chi connectivity index (χ1v) is 4.33. The van der Waals surface area contributed by atoms with E-state index in [1.165, 1.54) is 0 Å². The molecule has 1 aromatic rings. The minimum Gasteiger partial charge on any atom is -0.383 e. The highest BCUT2D eigenvalue weighted by molar-refractivity contribution is 5.22. The van der Waals surface area contributed by atoms with Crippen LogP contribution in [0.4, 0.5) is 0 Å². The van der Waals surface area contributed by atoms with E-state index < -0.39 is 5.60 Å². The van der Waals surface area contributed by atoms with Crippen molar-refractivity contribution in [3.05, 3.63) is 35.9 Å². The molecule has 1 atom stereocenters. The third-order valence-electron chi connectivity index (χ3n) is 2.44. The molecule has 0 unspecified atom stereocenters. The topological polar surface area (TPSA) is 55.5 Å². The van der Waals surface area contributed by atoms with Crippen molar-refractivity contribution in [1.29, 1.82) is 0 Å². The molecule has 0 saturated carbocycles. The Morgan fingerprint density at radius 1 is 1.31 bits per heavy atom. The van der Waals surface area contributed by atoms with E-state index in [0.717, 1.165) is 5.56 Å². The first-order chi connectivity index (χ1) is 6.22. The molecule has 1 saturated heterocycles. The van der Waals surface area contributed by atoms with Gasteiger partial charge < -0.3 is 15.6 Å². The highest BCUT2D eigenvalue weighted by Gasteiger charge is 2.42. The van der Waals surface area contributed by atoms with Gasteiger partial charge in [-0.05, 0) is 5.56 Å². The lowest BCUT2D eigenvalue weighted by Crippen LogP contribution is -2.56. The smallest absolute Gasteiger partial charge is 0.130 e. The molecule has 1 heterocycles. The Labute approximate surface area is 77.1 Å². The van der Waals surface area contributed by atoms with Gasteiger partial charge in [0.1, 0.15) is 5.60 Å². The average molecular weight is 179 g/mol. The van der Waals surface area contributed by atoms with Crippen LogP contribution in [0.2, 0.25) is 0 Å². The van der Waals surface area contributed by atoms with Gasteiger partial charge in [0.05, 0.1) is 19.3 Å². The van der Waals surface area contributed by atoms with Gasteiger partial charge in [-0.3, -0.25) is 0 Å². The number of hydrogen-bond donors (Lipinski definition) is 2. The Morgan fingerprint density at radius 2 is 1.92 bits per heavy atom. The van der Waals surface area contributed by atoms with Crippen LogP contribution in [0.1, 0.15) is 11.6 Å². The van der Waals surface area contributed by atoms with Gasteiger partial charge in [-0.15, -0.1) is 0 Å². The molecule has 1 aromatic carbocycles. The SMILES string of the molecule is N[C@@H](c1ccccc1)C1(O)COC1. The van der Waals surface area contributed by atoms with Crippen LogP contribution < -0.4 is 5.73 Å². The van der Waals surface area contributed by atoms with E-state index in [1.54, 1.807) is 0 Å². The van der Waals surface area contributed by atoms with Crippen molar-refractivity contribution in [3.8, 4) is 0 Å². The van der Waals surface area contributed by atoms with Crippen LogP contribution in [0.3, 0.4) is 0 Å². The predicted octanol–water partition coefficient (Wildman–Crippen LogP) is 0.448. The van der Waals surface area contributed by atoms with Gasteiger partial charge in [0.2, 0.25) is 0 Å². The maximum Gasteiger partial charge on any atom is 0.130 e. The average Bonchev–Trinajstić information content (AvgIpc) is 2.14. The summed E-state index contributed by atoms with van der Waals surface area (Å²) in [4.78, 5) is 0. The lowest BCUT2D eigenvalue weighted by atomic mass is 9.88. The molecule has 0 aromatic heterocycles. The summed E-state index contributed by atoms with van der Waals surface area (Å²) in [6.07, 6.45) is 0. The zero-order chi connectivity index (χ0) is 9.31. The molecule has 2 rings (SSSR count). The van der Waals surface area contributed by atoms with E-state index in [2.05, 4.69) is 0 Å². The van der Waals surface area contributed by atoms with Gasteiger partial charge >= 0.3 is 0 Å². The molecule has 0 bridgehead atoms. The zero-order valence-corrected chi connectivity index (χ0v) is 7.31. The number of benzene rings is 1. The quantitative estimate of drug-likeness (QED) is 0.693. The van der Waals surface area contributed by atoms with Crippen molar-refractivity contribution in [2.24, 2.45) is 5.73 Å². The Morgan fingerprint density at radius 3 is 2.38 bits per heavy atom. The van der Waals surface area contributed by atoms with E-state index in [9.17, 15) is 5.11 Å². The summed E-state index contributed by atoms with van der Waals surface area (Å²) in [6.45, 7) is 0.673. The van der Waals surface area contributed by atoms with Gasteiger partial charge in [0, 0.05) is 0 Å². The molecule has 3 N–H and O–H groups in total. The van der Waals surface area contributed by atoms with Crippen LogP contribution >= 0.6 is 0 Å². The number of hydrogen-bond acceptors (Lipinski definition) is 3. The Bertz CT molecular complexity index is 282. The van der Waals surface area contributed by atoms with Crippen molar-refractivity contribution < 1.29 is 9.84 Å². The van der Waals surface area contributed by atoms with Crippen LogP contribution in [-0.4, -0.2) is 23.9 Å². The van der Waals surface area contributed by atoms with Crippen molar-refractivity contribution in [3.63, 3.8) is 0 Å². The number of aliphatic hydroxyl groups is 1. The number of nitrogens with two attached hydrogens (primary N) is 1. The highest BCUT2D eigenvalue weighted by Crippen LogP contribution is 2.29. The summed E-state index contributed by atoms with van der Waals surface area (Å²) in [5.41, 5.74) is 6.00. The standard InChI is InChI=1S/C10H13NO2/c11-9(10(12)6-13-7-10)8-4-2-1-3-5-8/h1-5,9,12H,6-7,11H2/t9-/m0/s1. The second-order valence-corrected chi connectivity index (χ2v) is 3.48. The van der Waals surface area contributed by atoms with Crippen molar-refractivity contribution in [2.75, 3.05) is 13.2 Å². The Balaban J connectivity index is 2.17. The molecule has 3 nitrogen and oxygen atoms in total. The van der Waals surface area contributed by atoms with Gasteiger partial charge in [0.25, 0.3) is 0 Å². The fourth-order valence-corrected chi connectivity index (χ4v) is 1.46. The summed E-state index contributed by atoms with van der Waals surface area (Å²) in [7, 11) is 0. The van der Waals surface area contributed by atoms with Crippen LogP contribution in [0.5, 0.6) is 0 Å². The van der Waals surface area contributed by atoms with Crippen LogP contribution in [-0.2, 0) is 4.74 Å². The summed E-state index contributed by atoms with van der Waals surface area (Å²) >= 11 is 0. The van der Waals surface area contributed by atoms with Crippen LogP contribution in [0, 0.1) is 0 Å². The van der Waals surface area contributed by atoms with E-state index in [-0.39, 0.29) is 6.04 Å². The third kappa shape index (κ3) is 1.46. The molecule has 1 aliphatic heterocycles. The highest BCUT2D eigenvalue weighted by atomic mass is 16.5. The molecule has 1 aliphatic rings. The molecule has 0 spiro atoms. The van der Waals surface area contributed by atoms with Crippen LogP contribution in [0.15, 0.2) is 30.3 Å². The summed E-state index contributed by atoms with van der Waals surface area (Å²) in [6, 6.07) is 9.25. The van der Waals surface area contributed by atoms with Gasteiger partial charge in [-0.2, -0.15) is 0 Å².